The van der Waals surface area contributed by atoms with Gasteiger partial charge in [-0.15, -0.1) is 0 Å². The van der Waals surface area contributed by atoms with E-state index in [9.17, 15) is 13.0 Å². The van der Waals surface area contributed by atoms with Gasteiger partial charge in [-0.2, -0.15) is 4.37 Å². The summed E-state index contributed by atoms with van der Waals surface area (Å²) in [5.74, 6) is 1.49. The van der Waals surface area contributed by atoms with Crippen molar-refractivity contribution in [3.63, 3.8) is 0 Å². The molecule has 1 aromatic heterocycles. The molecule has 2 saturated heterocycles. The van der Waals surface area contributed by atoms with Gasteiger partial charge in [0.1, 0.15) is 16.2 Å². The summed E-state index contributed by atoms with van der Waals surface area (Å²) in [6.07, 6.45) is 6.98. The van der Waals surface area contributed by atoms with E-state index >= 15 is 0 Å². The summed E-state index contributed by atoms with van der Waals surface area (Å²) >= 11 is 1.53. The Morgan fingerprint density at radius 2 is 1.82 bits per heavy atom. The highest BCUT2D eigenvalue weighted by atomic mass is 32.2. The predicted octanol–water partition coefficient (Wildman–Crippen LogP) is 3.72. The van der Waals surface area contributed by atoms with Gasteiger partial charge in [0.25, 0.3) is 0 Å². The minimum Gasteiger partial charge on any atom is -0.748 e. The van der Waals surface area contributed by atoms with E-state index in [0.717, 1.165) is 54.5 Å². The lowest BCUT2D eigenvalue weighted by Crippen LogP contribution is -2.60. The Labute approximate surface area is 171 Å². The van der Waals surface area contributed by atoms with Crippen LogP contribution in [0.5, 0.6) is 0 Å². The van der Waals surface area contributed by atoms with Gasteiger partial charge < -0.3 is 9.04 Å². The van der Waals surface area contributed by atoms with Crippen LogP contribution in [0.15, 0.2) is 24.3 Å². The van der Waals surface area contributed by atoms with Crippen LogP contribution in [0.1, 0.15) is 50.1 Å². The first-order valence-corrected chi connectivity index (χ1v) is 12.9. The van der Waals surface area contributed by atoms with Crippen LogP contribution < -0.4 is 0 Å². The summed E-state index contributed by atoms with van der Waals surface area (Å²) in [7, 11) is -4.24. The van der Waals surface area contributed by atoms with E-state index in [1.54, 1.807) is 0 Å². The van der Waals surface area contributed by atoms with Gasteiger partial charge in [0, 0.05) is 36.0 Å². The maximum absolute atomic E-state index is 11.8. The number of fused-ring (bicyclic) bond motifs is 2. The third kappa shape index (κ3) is 3.40. The monoisotopic (exact) mass is 420 g/mol. The maximum Gasteiger partial charge on any atom is 0.103 e. The van der Waals surface area contributed by atoms with E-state index in [4.69, 9.17) is 4.37 Å². The number of aromatic nitrogens is 1. The van der Waals surface area contributed by atoms with Crippen molar-refractivity contribution in [2.75, 3.05) is 25.4 Å². The van der Waals surface area contributed by atoms with Gasteiger partial charge in [-0.3, -0.25) is 0 Å². The van der Waals surface area contributed by atoms with Gasteiger partial charge >= 0.3 is 0 Å². The van der Waals surface area contributed by atoms with E-state index in [2.05, 4.69) is 12.1 Å². The first-order chi connectivity index (χ1) is 13.4. The molecule has 1 aromatic carbocycles. The molecule has 1 aliphatic carbocycles. The smallest absolute Gasteiger partial charge is 0.103 e. The molecule has 2 aromatic rings. The average Bonchev–Trinajstić information content (AvgIpc) is 3.24. The average molecular weight is 421 g/mol. The molecule has 4 unspecified atom stereocenters. The van der Waals surface area contributed by atoms with E-state index in [1.807, 2.05) is 12.1 Å². The minimum atomic E-state index is -4.24. The van der Waals surface area contributed by atoms with Crippen molar-refractivity contribution in [1.82, 2.24) is 4.37 Å². The molecular formula is C21H28N2O3S2. The third-order valence-corrected chi connectivity index (χ3v) is 9.34. The van der Waals surface area contributed by atoms with Crippen molar-refractivity contribution in [2.45, 2.75) is 50.5 Å². The molecule has 0 amide bonds. The largest absolute Gasteiger partial charge is 0.748 e. The van der Waals surface area contributed by atoms with Crippen molar-refractivity contribution in [1.29, 1.82) is 0 Å². The second-order valence-electron chi connectivity index (χ2n) is 9.28. The lowest BCUT2D eigenvalue weighted by Gasteiger charge is -2.47. The zero-order chi connectivity index (χ0) is 19.4. The highest BCUT2D eigenvalue weighted by Gasteiger charge is 2.52. The van der Waals surface area contributed by atoms with Gasteiger partial charge in [-0.25, -0.2) is 8.42 Å². The van der Waals surface area contributed by atoms with Crippen LogP contribution in [-0.4, -0.2) is 53.3 Å². The van der Waals surface area contributed by atoms with Crippen LogP contribution >= 0.6 is 11.5 Å². The zero-order valence-corrected chi connectivity index (χ0v) is 17.8. The molecule has 28 heavy (non-hydrogen) atoms. The first kappa shape index (κ1) is 19.0. The number of nitrogens with zero attached hydrogens (tertiary/aromatic N) is 2. The molecule has 3 aliphatic rings. The van der Waals surface area contributed by atoms with Crippen molar-refractivity contribution >= 4 is 31.7 Å². The summed E-state index contributed by atoms with van der Waals surface area (Å²) in [5, 5.41) is 1.20. The Hall–Kier alpha value is -1.02. The highest BCUT2D eigenvalue weighted by molar-refractivity contribution is 7.85. The molecule has 2 aliphatic heterocycles. The molecule has 3 heterocycles. The molecule has 0 radical (unpaired) electrons. The molecule has 0 bridgehead atoms. The number of quaternary nitrogens is 1. The third-order valence-electron chi connectivity index (χ3n) is 7.71. The predicted molar refractivity (Wildman–Crippen MR) is 110 cm³/mol. The van der Waals surface area contributed by atoms with E-state index < -0.39 is 10.1 Å². The Balaban J connectivity index is 1.45. The number of rotatable bonds is 3. The summed E-state index contributed by atoms with van der Waals surface area (Å²) in [6, 6.07) is 8.22. The van der Waals surface area contributed by atoms with E-state index in [1.165, 1.54) is 47.3 Å². The SMILES string of the molecule is O=S(=O)([O-])CC1CC(c2nsc3ccccc23)CC[N+]12CC1CCCCC1C2. The molecule has 0 N–H and O–H groups in total. The summed E-state index contributed by atoms with van der Waals surface area (Å²) in [4.78, 5) is 0. The Morgan fingerprint density at radius 1 is 1.11 bits per heavy atom. The van der Waals surface area contributed by atoms with Crippen molar-refractivity contribution in [2.24, 2.45) is 11.8 Å². The first-order valence-electron chi connectivity index (χ1n) is 10.6. The van der Waals surface area contributed by atoms with E-state index in [0.29, 0.717) is 0 Å². The highest BCUT2D eigenvalue weighted by Crippen LogP contribution is 2.47. The summed E-state index contributed by atoms with van der Waals surface area (Å²) in [5.41, 5.74) is 1.11. The Morgan fingerprint density at radius 3 is 2.54 bits per heavy atom. The number of piperidine rings is 1. The molecule has 5 rings (SSSR count). The lowest BCUT2D eigenvalue weighted by molar-refractivity contribution is -0.945. The Kier molecular flexibility index (Phi) is 4.77. The van der Waals surface area contributed by atoms with Crippen LogP contribution in [-0.2, 0) is 10.1 Å². The summed E-state index contributed by atoms with van der Waals surface area (Å²) in [6.45, 7) is 3.15. The quantitative estimate of drug-likeness (QED) is 0.560. The van der Waals surface area contributed by atoms with Crippen LogP contribution in [0, 0.1) is 11.8 Å². The molecule has 3 fully saturated rings. The fraction of sp³-hybridized carbons (Fsp3) is 0.667. The van der Waals surface area contributed by atoms with Crippen molar-refractivity contribution in [3.8, 4) is 0 Å². The van der Waals surface area contributed by atoms with Crippen LogP contribution in [0.25, 0.3) is 10.1 Å². The zero-order valence-electron chi connectivity index (χ0n) is 16.1. The normalized spacial score (nSPS) is 36.0. The molecule has 152 valence electrons. The maximum atomic E-state index is 11.8. The molecule has 5 nitrogen and oxygen atoms in total. The minimum absolute atomic E-state index is 0.0766. The molecule has 1 spiro atoms. The molecular weight excluding hydrogens is 392 g/mol. The van der Waals surface area contributed by atoms with Gasteiger partial charge in [0.15, 0.2) is 0 Å². The molecule has 4 atom stereocenters. The van der Waals surface area contributed by atoms with E-state index in [-0.39, 0.29) is 17.7 Å². The second kappa shape index (κ2) is 7.04. The van der Waals surface area contributed by atoms with Crippen LogP contribution in [0.4, 0.5) is 0 Å². The number of benzene rings is 1. The molecule has 7 heteroatoms. The van der Waals surface area contributed by atoms with Gasteiger partial charge in [0.2, 0.25) is 0 Å². The van der Waals surface area contributed by atoms with Crippen molar-refractivity contribution in [3.05, 3.63) is 30.0 Å². The van der Waals surface area contributed by atoms with Crippen molar-refractivity contribution < 1.29 is 17.5 Å². The standard InChI is InChI=1S/C21H28N2O3S2/c24-28(25,26)14-18-11-15(21-19-7-3-4-8-20(19)27-22-21)9-10-23(18)12-16-5-1-2-6-17(16)13-23/h3-4,7-8,15-18H,1-2,5-6,9-14H2. The van der Waals surface area contributed by atoms with Crippen LogP contribution in [0.3, 0.4) is 0 Å². The Bertz CT molecular complexity index is 957. The number of hydrogen-bond donors (Lipinski definition) is 0. The van der Waals surface area contributed by atoms with Crippen LogP contribution in [0.2, 0.25) is 0 Å². The topological polar surface area (TPSA) is 70.1 Å². The summed E-state index contributed by atoms with van der Waals surface area (Å²) < 4.78 is 42.1. The molecule has 1 saturated carbocycles. The van der Waals surface area contributed by atoms with Gasteiger partial charge in [0.05, 0.1) is 35.8 Å². The van der Waals surface area contributed by atoms with Gasteiger partial charge in [-0.05, 0) is 30.4 Å². The lowest BCUT2D eigenvalue weighted by atomic mass is 9.82. The fourth-order valence-electron chi connectivity index (χ4n) is 6.43. The number of hydrogen-bond acceptors (Lipinski definition) is 5. The van der Waals surface area contributed by atoms with Gasteiger partial charge in [-0.1, -0.05) is 31.0 Å². The second-order valence-corrected chi connectivity index (χ2v) is 11.5. The fourth-order valence-corrected chi connectivity index (χ4v) is 8.21.